The Morgan fingerprint density at radius 3 is 2.82 bits per heavy atom. The summed E-state index contributed by atoms with van der Waals surface area (Å²) in [6, 6.07) is 16.4. The summed E-state index contributed by atoms with van der Waals surface area (Å²) >= 11 is 5.31. The molecule has 1 aromatic heterocycles. The SMILES string of the molecule is CCOc1ccc(-c2n[nH]c(=S)n2CCC(=O)Nc2cccc(C#N)c2)cc1. The van der Waals surface area contributed by atoms with E-state index in [2.05, 4.69) is 15.5 Å². The van der Waals surface area contributed by atoms with Crippen LogP contribution in [0.15, 0.2) is 48.5 Å². The summed E-state index contributed by atoms with van der Waals surface area (Å²) < 4.78 is 7.69. The maximum Gasteiger partial charge on any atom is 0.226 e. The Balaban J connectivity index is 1.69. The van der Waals surface area contributed by atoms with Gasteiger partial charge in [-0.25, -0.2) is 0 Å². The first kappa shape index (κ1) is 19.3. The van der Waals surface area contributed by atoms with Crippen LogP contribution in [0.3, 0.4) is 0 Å². The Hall–Kier alpha value is -3.44. The van der Waals surface area contributed by atoms with E-state index in [0.717, 1.165) is 11.3 Å². The number of H-pyrrole nitrogens is 1. The molecular weight excluding hydrogens is 374 g/mol. The Kier molecular flexibility index (Phi) is 6.19. The van der Waals surface area contributed by atoms with Gasteiger partial charge < -0.3 is 10.1 Å². The first-order valence-corrected chi connectivity index (χ1v) is 9.20. The van der Waals surface area contributed by atoms with E-state index in [-0.39, 0.29) is 12.3 Å². The fraction of sp³-hybridized carbons (Fsp3) is 0.200. The van der Waals surface area contributed by atoms with Gasteiger partial charge in [0.2, 0.25) is 5.91 Å². The lowest BCUT2D eigenvalue weighted by Crippen LogP contribution is -2.15. The van der Waals surface area contributed by atoms with Crippen molar-refractivity contribution in [3.63, 3.8) is 0 Å². The highest BCUT2D eigenvalue weighted by Crippen LogP contribution is 2.21. The van der Waals surface area contributed by atoms with Gasteiger partial charge in [0.05, 0.1) is 18.2 Å². The van der Waals surface area contributed by atoms with Crippen LogP contribution < -0.4 is 10.1 Å². The Bertz CT molecular complexity index is 1060. The molecule has 8 heteroatoms. The number of nitrogens with zero attached hydrogens (tertiary/aromatic N) is 3. The molecule has 0 spiro atoms. The third-order valence-corrected chi connectivity index (χ3v) is 4.33. The van der Waals surface area contributed by atoms with Gasteiger partial charge in [0.25, 0.3) is 0 Å². The summed E-state index contributed by atoms with van der Waals surface area (Å²) in [7, 11) is 0. The topological polar surface area (TPSA) is 95.7 Å². The second-order valence-corrected chi connectivity index (χ2v) is 6.34. The molecule has 2 aromatic carbocycles. The molecule has 0 fully saturated rings. The Labute approximate surface area is 167 Å². The van der Waals surface area contributed by atoms with Crippen molar-refractivity contribution in [3.05, 3.63) is 58.9 Å². The van der Waals surface area contributed by atoms with Crippen LogP contribution in [0, 0.1) is 16.1 Å². The van der Waals surface area contributed by atoms with Gasteiger partial charge in [0.1, 0.15) is 5.75 Å². The van der Waals surface area contributed by atoms with E-state index in [0.29, 0.717) is 35.0 Å². The lowest BCUT2D eigenvalue weighted by Gasteiger charge is -2.09. The van der Waals surface area contributed by atoms with Crippen molar-refractivity contribution >= 4 is 23.8 Å². The van der Waals surface area contributed by atoms with Crippen molar-refractivity contribution in [1.82, 2.24) is 14.8 Å². The smallest absolute Gasteiger partial charge is 0.226 e. The molecule has 0 saturated heterocycles. The maximum atomic E-state index is 12.3. The van der Waals surface area contributed by atoms with Crippen molar-refractivity contribution in [2.24, 2.45) is 0 Å². The molecule has 0 saturated carbocycles. The van der Waals surface area contributed by atoms with E-state index >= 15 is 0 Å². The number of aromatic amines is 1. The fourth-order valence-electron chi connectivity index (χ4n) is 2.72. The summed E-state index contributed by atoms with van der Waals surface area (Å²) in [5, 5.41) is 18.8. The van der Waals surface area contributed by atoms with Crippen LogP contribution in [0.4, 0.5) is 5.69 Å². The zero-order valence-corrected chi connectivity index (χ0v) is 16.1. The number of carbonyl (C=O) groups excluding carboxylic acids is 1. The molecule has 0 aliphatic carbocycles. The molecule has 0 radical (unpaired) electrons. The third kappa shape index (κ3) is 4.64. The minimum absolute atomic E-state index is 0.171. The lowest BCUT2D eigenvalue weighted by molar-refractivity contribution is -0.116. The number of hydrogen-bond acceptors (Lipinski definition) is 5. The van der Waals surface area contributed by atoms with Gasteiger partial charge >= 0.3 is 0 Å². The molecule has 0 aliphatic rings. The highest BCUT2D eigenvalue weighted by atomic mass is 32.1. The summed E-state index contributed by atoms with van der Waals surface area (Å²) in [6.45, 7) is 2.91. The number of amides is 1. The number of anilines is 1. The first-order chi connectivity index (χ1) is 13.6. The van der Waals surface area contributed by atoms with Crippen LogP contribution in [0.2, 0.25) is 0 Å². The molecule has 0 bridgehead atoms. The summed E-state index contributed by atoms with van der Waals surface area (Å²) in [5.41, 5.74) is 1.96. The molecule has 1 heterocycles. The van der Waals surface area contributed by atoms with Crippen molar-refractivity contribution < 1.29 is 9.53 Å². The second kappa shape index (κ2) is 8.97. The lowest BCUT2D eigenvalue weighted by atomic mass is 10.2. The predicted octanol–water partition coefficient (Wildman–Crippen LogP) is 3.91. The van der Waals surface area contributed by atoms with Crippen molar-refractivity contribution in [2.45, 2.75) is 19.9 Å². The predicted molar refractivity (Wildman–Crippen MR) is 108 cm³/mol. The monoisotopic (exact) mass is 393 g/mol. The average Bonchev–Trinajstić information content (AvgIpc) is 3.08. The van der Waals surface area contributed by atoms with Crippen LogP contribution in [0.1, 0.15) is 18.9 Å². The molecule has 3 aromatic rings. The van der Waals surface area contributed by atoms with E-state index < -0.39 is 0 Å². The number of nitrogens with one attached hydrogen (secondary N) is 2. The first-order valence-electron chi connectivity index (χ1n) is 8.79. The molecule has 142 valence electrons. The van der Waals surface area contributed by atoms with Crippen molar-refractivity contribution in [3.8, 4) is 23.2 Å². The van der Waals surface area contributed by atoms with Crippen molar-refractivity contribution in [2.75, 3.05) is 11.9 Å². The fourth-order valence-corrected chi connectivity index (χ4v) is 2.94. The molecule has 28 heavy (non-hydrogen) atoms. The van der Waals surface area contributed by atoms with Crippen LogP contribution in [-0.4, -0.2) is 27.3 Å². The van der Waals surface area contributed by atoms with E-state index in [1.807, 2.05) is 37.3 Å². The molecular formula is C20H19N5O2S. The second-order valence-electron chi connectivity index (χ2n) is 5.95. The highest BCUT2D eigenvalue weighted by Gasteiger charge is 2.11. The van der Waals surface area contributed by atoms with E-state index in [1.54, 1.807) is 28.8 Å². The minimum Gasteiger partial charge on any atom is -0.494 e. The molecule has 0 atom stereocenters. The summed E-state index contributed by atoms with van der Waals surface area (Å²) in [5.74, 6) is 1.27. The number of hydrogen-bond donors (Lipinski definition) is 2. The van der Waals surface area contributed by atoms with Gasteiger partial charge in [-0.05, 0) is 61.6 Å². The quantitative estimate of drug-likeness (QED) is 0.594. The number of aromatic nitrogens is 3. The van der Waals surface area contributed by atoms with E-state index in [4.69, 9.17) is 22.2 Å². The van der Waals surface area contributed by atoms with Gasteiger partial charge in [-0.2, -0.15) is 10.4 Å². The largest absolute Gasteiger partial charge is 0.494 e. The minimum atomic E-state index is -0.171. The molecule has 7 nitrogen and oxygen atoms in total. The van der Waals surface area contributed by atoms with Gasteiger partial charge in [-0.3, -0.25) is 14.5 Å². The number of carbonyl (C=O) groups is 1. The Morgan fingerprint density at radius 1 is 1.32 bits per heavy atom. The standard InChI is InChI=1S/C20H19N5O2S/c1-2-27-17-8-6-15(7-9-17)19-23-24-20(28)25(19)11-10-18(26)22-16-5-3-4-14(12-16)13-21/h3-9,12H,2,10-11H2,1H3,(H,22,26)(H,24,28). The summed E-state index contributed by atoms with van der Waals surface area (Å²) in [6.07, 6.45) is 0.217. The average molecular weight is 393 g/mol. The van der Waals surface area contributed by atoms with Crippen LogP contribution >= 0.6 is 12.2 Å². The van der Waals surface area contributed by atoms with Crippen LogP contribution in [-0.2, 0) is 11.3 Å². The molecule has 1 amide bonds. The highest BCUT2D eigenvalue weighted by molar-refractivity contribution is 7.71. The van der Waals surface area contributed by atoms with Crippen LogP contribution in [0.5, 0.6) is 5.75 Å². The number of benzene rings is 2. The van der Waals surface area contributed by atoms with Gasteiger partial charge in [-0.15, -0.1) is 0 Å². The van der Waals surface area contributed by atoms with Gasteiger partial charge in [0.15, 0.2) is 10.6 Å². The summed E-state index contributed by atoms with van der Waals surface area (Å²) in [4.78, 5) is 12.3. The van der Waals surface area contributed by atoms with E-state index in [1.165, 1.54) is 0 Å². The van der Waals surface area contributed by atoms with Gasteiger partial charge in [-0.1, -0.05) is 6.07 Å². The number of rotatable bonds is 7. The third-order valence-electron chi connectivity index (χ3n) is 4.02. The molecule has 0 aliphatic heterocycles. The van der Waals surface area contributed by atoms with Crippen LogP contribution in [0.25, 0.3) is 11.4 Å². The van der Waals surface area contributed by atoms with Crippen molar-refractivity contribution in [1.29, 1.82) is 5.26 Å². The number of nitriles is 1. The normalized spacial score (nSPS) is 10.3. The Morgan fingerprint density at radius 2 is 2.11 bits per heavy atom. The molecule has 3 rings (SSSR count). The zero-order valence-electron chi connectivity index (χ0n) is 15.3. The van der Waals surface area contributed by atoms with Gasteiger partial charge in [0, 0.05) is 24.2 Å². The maximum absolute atomic E-state index is 12.3. The van der Waals surface area contributed by atoms with E-state index in [9.17, 15) is 4.79 Å². The zero-order chi connectivity index (χ0) is 19.9. The molecule has 0 unspecified atom stereocenters. The number of ether oxygens (including phenoxy) is 1. The molecule has 2 N–H and O–H groups in total.